The van der Waals surface area contributed by atoms with E-state index in [1.54, 1.807) is 13.8 Å². The third-order valence-corrected chi connectivity index (χ3v) is 8.75. The first-order valence-corrected chi connectivity index (χ1v) is 16.4. The van der Waals surface area contributed by atoms with Crippen molar-refractivity contribution in [3.8, 4) is 22.6 Å². The largest absolute Gasteiger partial charge is 0.491 e. The van der Waals surface area contributed by atoms with Gasteiger partial charge in [0.1, 0.15) is 24.7 Å². The van der Waals surface area contributed by atoms with E-state index in [2.05, 4.69) is 81.1 Å². The van der Waals surface area contributed by atoms with Gasteiger partial charge in [0.25, 0.3) is 0 Å². The number of hydrogen-bond donors (Lipinski definition) is 2. The lowest BCUT2D eigenvalue weighted by Gasteiger charge is -2.37. The van der Waals surface area contributed by atoms with Gasteiger partial charge in [-0.1, -0.05) is 84.9 Å². The molecule has 232 valence electrons. The summed E-state index contributed by atoms with van der Waals surface area (Å²) in [4.78, 5) is 0. The van der Waals surface area contributed by atoms with Crippen LogP contribution in [0.4, 0.5) is 0 Å². The van der Waals surface area contributed by atoms with Gasteiger partial charge in [-0.2, -0.15) is 0 Å². The minimum absolute atomic E-state index is 0.232. The zero-order valence-electron chi connectivity index (χ0n) is 26.2. The fourth-order valence-corrected chi connectivity index (χ4v) is 6.65. The second kappa shape index (κ2) is 14.5. The number of benzene rings is 4. The number of aliphatic hydroxyl groups excluding tert-OH is 2. The van der Waals surface area contributed by atoms with Gasteiger partial charge >= 0.3 is 0 Å². The molecular formula is C37H40O6Si2. The molecule has 4 atom stereocenters. The van der Waals surface area contributed by atoms with Gasteiger partial charge < -0.3 is 29.2 Å². The van der Waals surface area contributed by atoms with E-state index in [0.29, 0.717) is 24.7 Å². The Hall–Kier alpha value is -3.25. The maximum Gasteiger partial charge on any atom is 0.122 e. The summed E-state index contributed by atoms with van der Waals surface area (Å²) in [5, 5.41) is 21.1. The van der Waals surface area contributed by atoms with Crippen molar-refractivity contribution >= 4 is 30.9 Å². The highest BCUT2D eigenvalue weighted by molar-refractivity contribution is 6.35. The van der Waals surface area contributed by atoms with Crippen LogP contribution in [-0.2, 0) is 14.9 Å². The lowest BCUT2D eigenvalue weighted by atomic mass is 9.67. The van der Waals surface area contributed by atoms with Crippen molar-refractivity contribution in [2.24, 2.45) is 0 Å². The van der Waals surface area contributed by atoms with Crippen molar-refractivity contribution in [3.63, 3.8) is 0 Å². The van der Waals surface area contributed by atoms with Crippen LogP contribution in [0.1, 0.15) is 49.9 Å². The molecule has 0 amide bonds. The van der Waals surface area contributed by atoms with Crippen molar-refractivity contribution in [2.75, 3.05) is 26.4 Å². The first-order valence-electron chi connectivity index (χ1n) is 15.4. The fourth-order valence-electron chi connectivity index (χ4n) is 6.04. The quantitative estimate of drug-likeness (QED) is 0.180. The molecule has 0 spiro atoms. The maximum absolute atomic E-state index is 9.74. The highest BCUT2D eigenvalue weighted by Gasteiger charge is 2.49. The third kappa shape index (κ3) is 6.82. The van der Waals surface area contributed by atoms with Crippen molar-refractivity contribution in [1.82, 2.24) is 0 Å². The maximum atomic E-state index is 9.74. The zero-order valence-corrected chi connectivity index (χ0v) is 28.2. The van der Waals surface area contributed by atoms with Gasteiger partial charge in [0.2, 0.25) is 0 Å². The highest BCUT2D eigenvalue weighted by atomic mass is 28.1. The van der Waals surface area contributed by atoms with Crippen molar-refractivity contribution in [2.45, 2.75) is 57.5 Å². The Morgan fingerprint density at radius 2 is 0.911 bits per heavy atom. The van der Waals surface area contributed by atoms with Gasteiger partial charge in [0.05, 0.1) is 63.5 Å². The van der Waals surface area contributed by atoms with Gasteiger partial charge in [-0.05, 0) is 60.3 Å². The first kappa shape index (κ1) is 33.1. The molecule has 6 radical (unpaired) electrons. The van der Waals surface area contributed by atoms with Crippen molar-refractivity contribution < 1.29 is 29.2 Å². The molecule has 45 heavy (non-hydrogen) atoms. The molecule has 4 unspecified atom stereocenters. The molecule has 0 fully saturated rings. The molecular weight excluding hydrogens is 597 g/mol. The Bertz CT molecular complexity index is 1480. The molecule has 0 saturated carbocycles. The number of rotatable bonds is 14. The van der Waals surface area contributed by atoms with Gasteiger partial charge in [-0.3, -0.25) is 0 Å². The molecule has 4 aromatic carbocycles. The van der Waals surface area contributed by atoms with E-state index in [1.165, 1.54) is 0 Å². The summed E-state index contributed by atoms with van der Waals surface area (Å²) in [6, 6.07) is 29.3. The van der Waals surface area contributed by atoms with E-state index >= 15 is 0 Å². The summed E-state index contributed by atoms with van der Waals surface area (Å²) in [6.07, 6.45) is -1.61. The standard InChI is InChI=1S/C37H40O6Si2/c1-23(38)19-40-25(3)21-42-35-31(15-9-17-33(35)44)37(29-13-7-5-11-27(29)28-12-6-8-14-30(28)37)32-16-10-18-34(45)36(32)43-22-26(4)41-20-24(2)39/h5-18,23-26,38-39H,19-22H2,1-4H3. The molecule has 4 aromatic rings. The monoisotopic (exact) mass is 636 g/mol. The summed E-state index contributed by atoms with van der Waals surface area (Å²) in [6.45, 7) is 8.33. The first-order chi connectivity index (χ1) is 21.6. The molecule has 8 heteroatoms. The van der Waals surface area contributed by atoms with Crippen LogP contribution in [0, 0.1) is 0 Å². The number of fused-ring (bicyclic) bond motifs is 3. The van der Waals surface area contributed by atoms with Gasteiger partial charge in [-0.25, -0.2) is 0 Å². The molecule has 5 rings (SSSR count). The SMILES string of the molecule is CC(O)COC(C)COc1c([Si])cccc1C1(c2cccc([Si])c2OCC(C)OCC(C)O)c2ccccc2-c2ccccc21. The minimum Gasteiger partial charge on any atom is -0.491 e. The van der Waals surface area contributed by atoms with E-state index < -0.39 is 17.6 Å². The number of para-hydroxylation sites is 2. The summed E-state index contributed by atoms with van der Waals surface area (Å²) < 4.78 is 24.9. The molecule has 0 aromatic heterocycles. The van der Waals surface area contributed by atoms with E-state index in [1.807, 2.05) is 38.1 Å². The van der Waals surface area contributed by atoms with Gasteiger partial charge in [0, 0.05) is 11.1 Å². The predicted octanol–water partition coefficient (Wildman–Crippen LogP) is 3.97. The van der Waals surface area contributed by atoms with E-state index in [9.17, 15) is 10.2 Å². The van der Waals surface area contributed by atoms with Gasteiger partial charge in [-0.15, -0.1) is 0 Å². The molecule has 2 N–H and O–H groups in total. The molecule has 6 nitrogen and oxygen atoms in total. The Morgan fingerprint density at radius 1 is 0.533 bits per heavy atom. The van der Waals surface area contributed by atoms with E-state index in [4.69, 9.17) is 18.9 Å². The third-order valence-electron chi connectivity index (χ3n) is 7.96. The predicted molar refractivity (Wildman–Crippen MR) is 180 cm³/mol. The molecule has 0 saturated heterocycles. The second-order valence-electron chi connectivity index (χ2n) is 11.8. The molecule has 1 aliphatic rings. The Kier molecular flexibility index (Phi) is 10.6. The topological polar surface area (TPSA) is 77.4 Å². The highest BCUT2D eigenvalue weighted by Crippen LogP contribution is 2.58. The van der Waals surface area contributed by atoms with Crippen LogP contribution < -0.4 is 19.8 Å². The zero-order chi connectivity index (χ0) is 32.1. The van der Waals surface area contributed by atoms with Crippen LogP contribution in [0.3, 0.4) is 0 Å². The summed E-state index contributed by atoms with van der Waals surface area (Å²) in [7, 11) is 7.75. The summed E-state index contributed by atoms with van der Waals surface area (Å²) in [5.74, 6) is 1.40. The van der Waals surface area contributed by atoms with E-state index in [-0.39, 0.29) is 25.4 Å². The molecule has 1 aliphatic carbocycles. The number of hydrogen-bond acceptors (Lipinski definition) is 6. The fraction of sp³-hybridized carbons (Fsp3) is 0.351. The molecule has 0 aliphatic heterocycles. The van der Waals surface area contributed by atoms with Crippen LogP contribution >= 0.6 is 0 Å². The van der Waals surface area contributed by atoms with Crippen LogP contribution in [0.15, 0.2) is 84.9 Å². The second-order valence-corrected chi connectivity index (χ2v) is 12.9. The van der Waals surface area contributed by atoms with E-state index in [0.717, 1.165) is 43.8 Å². The average Bonchev–Trinajstić information content (AvgIpc) is 3.32. The average molecular weight is 637 g/mol. The smallest absolute Gasteiger partial charge is 0.122 e. The van der Waals surface area contributed by atoms with Crippen LogP contribution in [0.5, 0.6) is 11.5 Å². The number of ether oxygens (including phenoxy) is 4. The molecule has 0 heterocycles. The normalized spacial score (nSPS) is 15.9. The summed E-state index contributed by atoms with van der Waals surface area (Å²) in [5.41, 5.74) is 5.62. The van der Waals surface area contributed by atoms with Crippen LogP contribution in [-0.4, -0.2) is 81.5 Å². The minimum atomic E-state index is -0.809. The van der Waals surface area contributed by atoms with Crippen LogP contribution in [0.2, 0.25) is 0 Å². The van der Waals surface area contributed by atoms with Crippen LogP contribution in [0.25, 0.3) is 11.1 Å². The summed E-state index contributed by atoms with van der Waals surface area (Å²) >= 11 is 0. The Labute approximate surface area is 273 Å². The number of aliphatic hydroxyl groups is 2. The van der Waals surface area contributed by atoms with Crippen molar-refractivity contribution in [1.29, 1.82) is 0 Å². The lowest BCUT2D eigenvalue weighted by Crippen LogP contribution is -2.34. The van der Waals surface area contributed by atoms with Crippen molar-refractivity contribution in [3.05, 3.63) is 107 Å². The Morgan fingerprint density at radius 3 is 1.31 bits per heavy atom. The lowest BCUT2D eigenvalue weighted by molar-refractivity contribution is -0.0134. The van der Waals surface area contributed by atoms with Gasteiger partial charge in [0.15, 0.2) is 0 Å². The Balaban J connectivity index is 1.71. The molecule has 0 bridgehead atoms.